The van der Waals surface area contributed by atoms with Crippen LogP contribution in [-0.2, 0) is 25.8 Å². The van der Waals surface area contributed by atoms with Gasteiger partial charge in [0.2, 0.25) is 0 Å². The summed E-state index contributed by atoms with van der Waals surface area (Å²) in [5.41, 5.74) is 3.88. The summed E-state index contributed by atoms with van der Waals surface area (Å²) >= 11 is 0. The summed E-state index contributed by atoms with van der Waals surface area (Å²) in [6.45, 7) is 1.38. The quantitative estimate of drug-likeness (QED) is 0.215. The van der Waals surface area contributed by atoms with Gasteiger partial charge in [-0.3, -0.25) is 0 Å². The lowest BCUT2D eigenvalue weighted by atomic mass is 9.95. The zero-order valence-electron chi connectivity index (χ0n) is 22.8. The molecule has 5 nitrogen and oxygen atoms in total. The molecule has 8 heteroatoms. The summed E-state index contributed by atoms with van der Waals surface area (Å²) < 4.78 is 44.2. The molecular formula is C33H34F3N3O2. The summed E-state index contributed by atoms with van der Waals surface area (Å²) in [5, 5.41) is 6.38. The number of alkyl halides is 3. The van der Waals surface area contributed by atoms with Gasteiger partial charge in [-0.15, -0.1) is 0 Å². The Morgan fingerprint density at radius 2 is 1.44 bits per heavy atom. The van der Waals surface area contributed by atoms with Crippen LogP contribution in [0.5, 0.6) is 0 Å². The normalized spacial score (nSPS) is 14.1. The number of carbonyl (C=O) groups excluding carboxylic acids is 1. The molecule has 1 heterocycles. The standard InChI is InChI=1S/C33H34F3N3O2/c34-33(35,36)28-16-18-30(19-17-28)38-32(40)39(23-31-7-4-20-41-31)22-25-10-14-27(15-11-25)26-12-8-24(9-13-26)21-37-29-5-2-1-3-6-29/h4,7-20,29,37H,1-3,5-6,21-23H2,(H,38,40). The molecule has 0 bridgehead atoms. The van der Waals surface area contributed by atoms with E-state index in [1.165, 1.54) is 56.1 Å². The van der Waals surface area contributed by atoms with Crippen molar-refractivity contribution in [3.63, 3.8) is 0 Å². The third-order valence-electron chi connectivity index (χ3n) is 7.49. The Balaban J connectivity index is 1.22. The number of nitrogens with one attached hydrogen (secondary N) is 2. The van der Waals surface area contributed by atoms with Crippen molar-refractivity contribution in [2.45, 2.75) is 64.0 Å². The van der Waals surface area contributed by atoms with Gasteiger partial charge in [0.25, 0.3) is 0 Å². The number of furan rings is 1. The van der Waals surface area contributed by atoms with Gasteiger partial charge < -0.3 is 20.0 Å². The van der Waals surface area contributed by atoms with E-state index in [2.05, 4.69) is 34.9 Å². The predicted molar refractivity (Wildman–Crippen MR) is 154 cm³/mol. The Morgan fingerprint density at radius 1 is 0.805 bits per heavy atom. The molecule has 0 atom stereocenters. The number of halogens is 3. The molecule has 0 unspecified atom stereocenters. The van der Waals surface area contributed by atoms with Crippen LogP contribution in [0.25, 0.3) is 11.1 Å². The molecule has 2 amide bonds. The van der Waals surface area contributed by atoms with E-state index >= 15 is 0 Å². The summed E-state index contributed by atoms with van der Waals surface area (Å²) in [6, 6.07) is 24.7. The Morgan fingerprint density at radius 3 is 2.02 bits per heavy atom. The molecular weight excluding hydrogens is 527 g/mol. The number of benzene rings is 3. The number of nitrogens with zero attached hydrogens (tertiary/aromatic N) is 1. The molecule has 0 spiro atoms. The smallest absolute Gasteiger partial charge is 0.416 e. The second-order valence-electron chi connectivity index (χ2n) is 10.6. The minimum Gasteiger partial charge on any atom is -0.467 e. The molecule has 0 aliphatic heterocycles. The average Bonchev–Trinajstić information content (AvgIpc) is 3.50. The highest BCUT2D eigenvalue weighted by Gasteiger charge is 2.30. The third-order valence-corrected chi connectivity index (χ3v) is 7.49. The summed E-state index contributed by atoms with van der Waals surface area (Å²) in [7, 11) is 0. The van der Waals surface area contributed by atoms with E-state index in [-0.39, 0.29) is 12.2 Å². The van der Waals surface area contributed by atoms with Crippen molar-refractivity contribution in [1.29, 1.82) is 0 Å². The van der Waals surface area contributed by atoms with Gasteiger partial charge in [0.15, 0.2) is 0 Å². The maximum atomic E-state index is 13.1. The molecule has 4 aromatic rings. The van der Waals surface area contributed by atoms with Crippen LogP contribution in [0, 0.1) is 0 Å². The number of rotatable bonds is 9. The zero-order chi connectivity index (χ0) is 28.7. The van der Waals surface area contributed by atoms with Gasteiger partial charge in [-0.25, -0.2) is 4.79 Å². The molecule has 1 aromatic heterocycles. The number of hydrogen-bond acceptors (Lipinski definition) is 3. The van der Waals surface area contributed by atoms with Gasteiger partial charge in [-0.2, -0.15) is 13.2 Å². The van der Waals surface area contributed by atoms with E-state index in [0.717, 1.165) is 35.4 Å². The second-order valence-corrected chi connectivity index (χ2v) is 10.6. The fourth-order valence-corrected chi connectivity index (χ4v) is 5.14. The van der Waals surface area contributed by atoms with Crippen molar-refractivity contribution in [1.82, 2.24) is 10.2 Å². The lowest BCUT2D eigenvalue weighted by molar-refractivity contribution is -0.137. The van der Waals surface area contributed by atoms with Gasteiger partial charge in [0, 0.05) is 24.8 Å². The van der Waals surface area contributed by atoms with Crippen LogP contribution >= 0.6 is 0 Å². The second kappa shape index (κ2) is 13.1. The van der Waals surface area contributed by atoms with E-state index in [1.807, 2.05) is 24.3 Å². The lowest BCUT2D eigenvalue weighted by Crippen LogP contribution is -2.34. The fourth-order valence-electron chi connectivity index (χ4n) is 5.14. The predicted octanol–water partition coefficient (Wildman–Crippen LogP) is 8.62. The van der Waals surface area contributed by atoms with E-state index in [4.69, 9.17) is 4.42 Å². The Bertz CT molecular complexity index is 1380. The van der Waals surface area contributed by atoms with Crippen LogP contribution in [0.1, 0.15) is 54.6 Å². The molecule has 41 heavy (non-hydrogen) atoms. The Kier molecular flexibility index (Phi) is 9.09. The Hall–Kier alpha value is -4.04. The van der Waals surface area contributed by atoms with Crippen molar-refractivity contribution in [3.05, 3.63) is 114 Å². The van der Waals surface area contributed by atoms with Crippen LogP contribution in [-0.4, -0.2) is 17.0 Å². The zero-order valence-corrected chi connectivity index (χ0v) is 22.8. The lowest BCUT2D eigenvalue weighted by Gasteiger charge is -2.23. The molecule has 0 saturated heterocycles. The van der Waals surface area contributed by atoms with Crippen molar-refractivity contribution < 1.29 is 22.4 Å². The monoisotopic (exact) mass is 561 g/mol. The number of urea groups is 1. The highest BCUT2D eigenvalue weighted by atomic mass is 19.4. The molecule has 1 saturated carbocycles. The maximum Gasteiger partial charge on any atom is 0.416 e. The number of amides is 2. The number of anilines is 1. The molecule has 0 radical (unpaired) electrons. The summed E-state index contributed by atoms with van der Waals surface area (Å²) in [5.74, 6) is 0.599. The van der Waals surface area contributed by atoms with Crippen LogP contribution < -0.4 is 10.6 Å². The molecule has 1 aliphatic carbocycles. The van der Waals surface area contributed by atoms with Gasteiger partial charge in [-0.05, 0) is 71.5 Å². The van der Waals surface area contributed by atoms with Gasteiger partial charge in [-0.1, -0.05) is 67.8 Å². The minimum absolute atomic E-state index is 0.206. The van der Waals surface area contributed by atoms with E-state index < -0.39 is 17.8 Å². The van der Waals surface area contributed by atoms with Crippen molar-refractivity contribution >= 4 is 11.7 Å². The number of hydrogen-bond donors (Lipinski definition) is 2. The Labute approximate surface area is 238 Å². The minimum atomic E-state index is -4.44. The van der Waals surface area contributed by atoms with Crippen molar-refractivity contribution in [2.24, 2.45) is 0 Å². The van der Waals surface area contributed by atoms with Crippen LogP contribution in [0.4, 0.5) is 23.7 Å². The van der Waals surface area contributed by atoms with Crippen LogP contribution in [0.15, 0.2) is 95.6 Å². The summed E-state index contributed by atoms with van der Waals surface area (Å²) in [4.78, 5) is 14.7. The first-order valence-corrected chi connectivity index (χ1v) is 14.0. The van der Waals surface area contributed by atoms with Crippen molar-refractivity contribution in [3.8, 4) is 11.1 Å². The third kappa shape index (κ3) is 8.01. The maximum absolute atomic E-state index is 13.1. The van der Waals surface area contributed by atoms with Gasteiger partial charge in [0.05, 0.1) is 18.4 Å². The molecule has 1 aliphatic rings. The first kappa shape index (κ1) is 28.5. The first-order valence-electron chi connectivity index (χ1n) is 14.0. The van der Waals surface area contributed by atoms with E-state index in [1.54, 1.807) is 17.0 Å². The summed E-state index contributed by atoms with van der Waals surface area (Å²) in [6.07, 6.45) is 3.61. The fraction of sp³-hybridized carbons (Fsp3) is 0.303. The van der Waals surface area contributed by atoms with Gasteiger partial charge >= 0.3 is 12.2 Å². The van der Waals surface area contributed by atoms with E-state index in [0.29, 0.717) is 18.3 Å². The highest BCUT2D eigenvalue weighted by molar-refractivity contribution is 5.89. The number of carbonyl (C=O) groups is 1. The average molecular weight is 562 g/mol. The highest BCUT2D eigenvalue weighted by Crippen LogP contribution is 2.30. The molecule has 5 rings (SSSR count). The first-order chi connectivity index (χ1) is 19.8. The molecule has 214 valence electrons. The molecule has 3 aromatic carbocycles. The van der Waals surface area contributed by atoms with Crippen LogP contribution in [0.2, 0.25) is 0 Å². The van der Waals surface area contributed by atoms with Crippen molar-refractivity contribution in [2.75, 3.05) is 5.32 Å². The largest absolute Gasteiger partial charge is 0.467 e. The topological polar surface area (TPSA) is 57.5 Å². The van der Waals surface area contributed by atoms with E-state index in [9.17, 15) is 18.0 Å². The SMILES string of the molecule is O=C(Nc1ccc(C(F)(F)F)cc1)N(Cc1ccc(-c2ccc(CNC3CCCCC3)cc2)cc1)Cc1ccco1. The van der Waals surface area contributed by atoms with Crippen LogP contribution in [0.3, 0.4) is 0 Å². The molecule has 2 N–H and O–H groups in total. The molecule has 1 fully saturated rings. The van der Waals surface area contributed by atoms with Gasteiger partial charge in [0.1, 0.15) is 5.76 Å².